The lowest BCUT2D eigenvalue weighted by Gasteiger charge is -2.21. The average molecular weight is 1510 g/mol. The van der Waals surface area contributed by atoms with Gasteiger partial charge in [-0.25, -0.2) is 9.13 Å². The minimum absolute atomic E-state index is 0.0332. The van der Waals surface area contributed by atoms with Crippen molar-refractivity contribution in [2.45, 2.75) is 309 Å². The second kappa shape index (κ2) is 78.2. The van der Waals surface area contributed by atoms with Crippen LogP contribution in [0.1, 0.15) is 290 Å². The van der Waals surface area contributed by atoms with Crippen LogP contribution in [0.5, 0.6) is 0 Å². The Morgan fingerprint density at radius 2 is 0.495 bits per heavy atom. The zero-order valence-corrected chi connectivity index (χ0v) is 66.9. The molecule has 0 rings (SSSR count). The van der Waals surface area contributed by atoms with Crippen LogP contribution in [0.2, 0.25) is 0 Å². The van der Waals surface area contributed by atoms with Gasteiger partial charge in [-0.05, 0) is 141 Å². The number of unbranched alkanes of at least 4 members (excludes halogenated alkanes) is 21. The van der Waals surface area contributed by atoms with Gasteiger partial charge in [-0.15, -0.1) is 0 Å². The fraction of sp³-hybridized carbons (Fsp3) is 0.621. The van der Waals surface area contributed by atoms with Crippen LogP contribution >= 0.6 is 15.6 Å². The lowest BCUT2D eigenvalue weighted by Crippen LogP contribution is -2.30. The Morgan fingerprint density at radius 3 is 0.810 bits per heavy atom. The highest BCUT2D eigenvalue weighted by Gasteiger charge is 2.29. The molecule has 0 aliphatic heterocycles. The Morgan fingerprint density at radius 1 is 0.267 bits per heavy atom. The van der Waals surface area contributed by atoms with Crippen molar-refractivity contribution in [2.24, 2.45) is 0 Å². The second-order valence-corrected chi connectivity index (χ2v) is 29.0. The molecule has 596 valence electrons. The maximum absolute atomic E-state index is 13.0. The molecule has 0 aromatic carbocycles. The van der Waals surface area contributed by atoms with E-state index in [1.165, 1.54) is 89.9 Å². The van der Waals surface area contributed by atoms with Crippen molar-refractivity contribution in [1.29, 1.82) is 0 Å². The highest BCUT2D eigenvalue weighted by Crippen LogP contribution is 2.45. The van der Waals surface area contributed by atoms with E-state index in [1.54, 1.807) is 0 Å². The molecule has 0 saturated heterocycles. The Balaban J connectivity index is 4.54. The first-order chi connectivity index (χ1) is 51.2. The van der Waals surface area contributed by atoms with Gasteiger partial charge in [0.1, 0.15) is 25.4 Å². The molecular weight excluding hydrogens is 1360 g/mol. The van der Waals surface area contributed by atoms with E-state index in [2.05, 4.69) is 185 Å². The summed E-state index contributed by atoms with van der Waals surface area (Å²) in [7, 11) is -9.83. The predicted octanol–water partition coefficient (Wildman–Crippen LogP) is 23.8. The monoisotopic (exact) mass is 1500 g/mol. The van der Waals surface area contributed by atoms with Gasteiger partial charge in [-0.2, -0.15) is 0 Å². The zero-order chi connectivity index (χ0) is 76.6. The third kappa shape index (κ3) is 79.5. The van der Waals surface area contributed by atoms with E-state index in [4.69, 9.17) is 32.3 Å². The molecule has 0 aromatic rings. The average Bonchev–Trinajstić information content (AvgIpc) is 0.915. The minimum Gasteiger partial charge on any atom is -0.463 e. The largest absolute Gasteiger partial charge is 0.472 e. The molecule has 18 heteroatoms. The molecule has 0 aliphatic rings. The number of carbonyl (C=O) groups is 3. The number of ether oxygens (including phenoxy) is 3. The number of phosphoric acid groups is 2. The fourth-order valence-corrected chi connectivity index (χ4v) is 11.7. The summed E-state index contributed by atoms with van der Waals surface area (Å²) in [6.45, 7) is 2.21. The van der Waals surface area contributed by atoms with E-state index in [1.807, 2.05) is 18.2 Å². The van der Waals surface area contributed by atoms with Crippen molar-refractivity contribution in [1.82, 2.24) is 0 Å². The van der Waals surface area contributed by atoms with Crippen molar-refractivity contribution in [2.75, 3.05) is 39.6 Å². The van der Waals surface area contributed by atoms with E-state index in [0.717, 1.165) is 135 Å². The van der Waals surface area contributed by atoms with Crippen LogP contribution < -0.4 is 0 Å². The molecule has 0 fully saturated rings. The summed E-state index contributed by atoms with van der Waals surface area (Å²) < 4.78 is 61.0. The number of aliphatic hydroxyl groups excluding tert-OH is 2. The Hall–Kier alpha value is -5.35. The van der Waals surface area contributed by atoms with Crippen molar-refractivity contribution in [3.63, 3.8) is 0 Å². The first-order valence-corrected chi connectivity index (χ1v) is 43.1. The Kier molecular flexibility index (Phi) is 74.3. The fourth-order valence-electron chi connectivity index (χ4n) is 10.1. The number of carbonyl (C=O) groups excluding carboxylic acids is 3. The summed E-state index contributed by atoms with van der Waals surface area (Å²) in [5.74, 6) is -1.71. The van der Waals surface area contributed by atoms with Crippen LogP contribution in [-0.2, 0) is 55.8 Å². The van der Waals surface area contributed by atoms with Gasteiger partial charge in [-0.1, -0.05) is 312 Å². The number of phosphoric ester groups is 2. The summed E-state index contributed by atoms with van der Waals surface area (Å²) >= 11 is 0. The first-order valence-electron chi connectivity index (χ1n) is 40.1. The summed E-state index contributed by atoms with van der Waals surface area (Å²) in [4.78, 5) is 58.6. The molecule has 0 aromatic heterocycles. The van der Waals surface area contributed by atoms with Crippen LogP contribution in [0, 0.1) is 0 Å². The lowest BCUT2D eigenvalue weighted by atomic mass is 10.0. The molecule has 16 nitrogen and oxygen atoms in total. The van der Waals surface area contributed by atoms with E-state index >= 15 is 0 Å². The topological polar surface area (TPSA) is 231 Å². The van der Waals surface area contributed by atoms with Gasteiger partial charge in [0.15, 0.2) is 6.10 Å². The molecule has 5 atom stereocenters. The lowest BCUT2D eigenvalue weighted by molar-refractivity contribution is -0.161. The van der Waals surface area contributed by atoms with Crippen LogP contribution in [-0.4, -0.2) is 95.9 Å². The smallest absolute Gasteiger partial charge is 0.463 e. The molecule has 0 bridgehead atoms. The second-order valence-electron chi connectivity index (χ2n) is 26.1. The van der Waals surface area contributed by atoms with Gasteiger partial charge >= 0.3 is 33.6 Å². The normalized spacial score (nSPS) is 14.9. The summed E-state index contributed by atoms with van der Waals surface area (Å²) in [5, 5.41) is 20.6. The maximum atomic E-state index is 13.0. The van der Waals surface area contributed by atoms with Crippen molar-refractivity contribution < 1.29 is 75.8 Å². The van der Waals surface area contributed by atoms with E-state index < -0.39 is 91.5 Å². The number of esters is 3. The molecule has 0 aliphatic carbocycles. The first kappa shape index (κ1) is 99.7. The molecule has 4 N–H and O–H groups in total. The summed E-state index contributed by atoms with van der Waals surface area (Å²) in [6.07, 6.45) is 101. The molecule has 105 heavy (non-hydrogen) atoms. The molecule has 0 saturated carbocycles. The molecule has 0 radical (unpaired) electrons. The number of allylic oxidation sites excluding steroid dienone is 30. The summed E-state index contributed by atoms with van der Waals surface area (Å²) in [6, 6.07) is 0. The number of hydrogen-bond donors (Lipinski definition) is 4. The molecule has 0 amide bonds. The third-order valence-corrected chi connectivity index (χ3v) is 18.0. The SMILES string of the molecule is CC/C=C\C/C=C\C/C=C\C/C=C\C/C=C\C/C=C\CCC(=O)OCC(COP(=O)(O)OCC(O)COP(=O)(O)OCC(O)COC(=O)CCCCCCCCCCCCCCCCCCC/C=C\C/C=C\C/C=C\C/C=C\C/C=C\CC)OC(=O)CCCCCC/C=C\C/C=C\C/C=C\C/C=C\CC. The van der Waals surface area contributed by atoms with E-state index in [9.17, 15) is 43.5 Å². The third-order valence-electron chi connectivity index (χ3n) is 16.1. The minimum atomic E-state index is -4.96. The van der Waals surface area contributed by atoms with Gasteiger partial charge in [0, 0.05) is 19.3 Å². The predicted molar refractivity (Wildman–Crippen MR) is 435 cm³/mol. The van der Waals surface area contributed by atoms with Gasteiger partial charge < -0.3 is 34.2 Å². The van der Waals surface area contributed by atoms with Gasteiger partial charge in [0.05, 0.1) is 26.4 Å². The van der Waals surface area contributed by atoms with Gasteiger partial charge in [-0.3, -0.25) is 32.5 Å². The van der Waals surface area contributed by atoms with Gasteiger partial charge in [0.2, 0.25) is 0 Å². The highest BCUT2D eigenvalue weighted by atomic mass is 31.2. The Bertz CT molecular complexity index is 2640. The summed E-state index contributed by atoms with van der Waals surface area (Å²) in [5.41, 5.74) is 0. The Labute approximate surface area is 636 Å². The van der Waals surface area contributed by atoms with Crippen LogP contribution in [0.15, 0.2) is 182 Å². The van der Waals surface area contributed by atoms with Gasteiger partial charge in [0.25, 0.3) is 0 Å². The van der Waals surface area contributed by atoms with Crippen molar-refractivity contribution >= 4 is 33.6 Å². The van der Waals surface area contributed by atoms with Crippen LogP contribution in [0.4, 0.5) is 0 Å². The molecule has 0 heterocycles. The highest BCUT2D eigenvalue weighted by molar-refractivity contribution is 7.47. The van der Waals surface area contributed by atoms with Crippen LogP contribution in [0.25, 0.3) is 0 Å². The molecule has 5 unspecified atom stereocenters. The van der Waals surface area contributed by atoms with Crippen molar-refractivity contribution in [3.05, 3.63) is 182 Å². The number of rotatable bonds is 74. The van der Waals surface area contributed by atoms with E-state index in [-0.39, 0.29) is 19.3 Å². The maximum Gasteiger partial charge on any atom is 0.472 e. The zero-order valence-electron chi connectivity index (χ0n) is 65.1. The van der Waals surface area contributed by atoms with Crippen LogP contribution in [0.3, 0.4) is 0 Å². The number of hydrogen-bond acceptors (Lipinski definition) is 14. The van der Waals surface area contributed by atoms with Crippen molar-refractivity contribution in [3.8, 4) is 0 Å². The molecule has 0 spiro atoms. The molecular formula is C87H142O16P2. The quantitative estimate of drug-likeness (QED) is 0.0146. The standard InChI is InChI=1S/C87H142O16P2/c1-4-7-10-13-16-19-22-25-28-31-33-34-35-36-37-38-39-40-41-42-43-44-45-46-48-51-52-55-58-61-64-67-70-73-85(90)97-76-82(88)77-99-104(93,94)100-78-83(89)79-101-105(95,96)102-81-84(103-87(92)75-72-69-66-63-60-57-54-49-30-27-24-21-18-15-12-9-6-3)80-98-86(91)74-71-68-65-62-59-56-53-50-47-32-29-26-23-20-17-14-11-8-5-2/h7-12,16-21,25-30,33-34,36-37,47,50,54,56-57,59,65,68,82-84,88-89H,4-6,13-15,22-24,31-32,35,38-46,48-49,51-53,55,58,60-64,66-67,69-81H2,1-3H3,(H,93,94)(H,95,96)/b10-7-,11-8-,12-9-,19-16-,20-17-,21-18-,28-25-,29-26-,30-27-,34-33-,37-36-,50-47-,57-54-,59-56-,68-65-. The number of aliphatic hydroxyl groups is 2. The van der Waals surface area contributed by atoms with E-state index in [0.29, 0.717) is 25.7 Å².